The highest BCUT2D eigenvalue weighted by molar-refractivity contribution is 9.10. The molecule has 19 heavy (non-hydrogen) atoms. The molecule has 0 aromatic heterocycles. The lowest BCUT2D eigenvalue weighted by atomic mass is 10.2. The summed E-state index contributed by atoms with van der Waals surface area (Å²) >= 11 is 3.34. The molecule has 98 valence electrons. The topological polar surface area (TPSA) is 55.2 Å². The zero-order valence-electron chi connectivity index (χ0n) is 9.77. The molecule has 0 atom stereocenters. The number of halogens is 2. The van der Waals surface area contributed by atoms with Crippen LogP contribution >= 0.6 is 15.9 Å². The molecule has 0 aliphatic rings. The van der Waals surface area contributed by atoms with Crippen LogP contribution in [0.25, 0.3) is 0 Å². The molecule has 4 nitrogen and oxygen atoms in total. The Morgan fingerprint density at radius 2 is 2.05 bits per heavy atom. The Morgan fingerprint density at radius 1 is 1.26 bits per heavy atom. The number of non-ortho nitro benzene ring substituents is 1. The summed E-state index contributed by atoms with van der Waals surface area (Å²) in [5.41, 5.74) is 1.12. The third kappa shape index (κ3) is 3.75. The van der Waals surface area contributed by atoms with E-state index in [9.17, 15) is 14.5 Å². The number of benzene rings is 2. The Labute approximate surface area is 117 Å². The van der Waals surface area contributed by atoms with E-state index >= 15 is 0 Å². The Balaban J connectivity index is 2.13. The highest BCUT2D eigenvalue weighted by Crippen LogP contribution is 2.19. The number of nitrogens with one attached hydrogen (secondary N) is 1. The van der Waals surface area contributed by atoms with Crippen molar-refractivity contribution < 1.29 is 9.31 Å². The van der Waals surface area contributed by atoms with E-state index in [4.69, 9.17) is 0 Å². The first-order chi connectivity index (χ1) is 9.04. The molecule has 0 radical (unpaired) electrons. The van der Waals surface area contributed by atoms with Crippen molar-refractivity contribution >= 4 is 27.3 Å². The minimum atomic E-state index is -0.611. The van der Waals surface area contributed by atoms with Crippen LogP contribution in [0.3, 0.4) is 0 Å². The third-order valence-corrected chi connectivity index (χ3v) is 2.97. The van der Waals surface area contributed by atoms with E-state index in [1.807, 2.05) is 24.3 Å². The van der Waals surface area contributed by atoms with Crippen molar-refractivity contribution in [3.05, 3.63) is 68.4 Å². The van der Waals surface area contributed by atoms with Crippen molar-refractivity contribution in [2.45, 2.75) is 6.54 Å². The summed E-state index contributed by atoms with van der Waals surface area (Å²) in [6, 6.07) is 11.0. The van der Waals surface area contributed by atoms with Gasteiger partial charge in [-0.15, -0.1) is 0 Å². The molecule has 0 heterocycles. The first kappa shape index (κ1) is 13.5. The van der Waals surface area contributed by atoms with Crippen LogP contribution in [0.1, 0.15) is 5.56 Å². The maximum absolute atomic E-state index is 13.2. The van der Waals surface area contributed by atoms with Crippen LogP contribution in [0.5, 0.6) is 0 Å². The standard InChI is InChI=1S/C13H10BrFN2O2/c14-10-2-1-3-12(6-10)16-8-9-4-11(15)7-13(5-9)17(18)19/h1-7,16H,8H2. The molecule has 0 aliphatic heterocycles. The first-order valence-corrected chi connectivity index (χ1v) is 6.27. The highest BCUT2D eigenvalue weighted by Gasteiger charge is 2.09. The van der Waals surface area contributed by atoms with E-state index in [1.165, 1.54) is 12.1 Å². The monoisotopic (exact) mass is 324 g/mol. The van der Waals surface area contributed by atoms with Crippen LogP contribution in [0.2, 0.25) is 0 Å². The number of nitro groups is 1. The van der Waals surface area contributed by atoms with Crippen molar-refractivity contribution in [2.75, 3.05) is 5.32 Å². The summed E-state index contributed by atoms with van der Waals surface area (Å²) in [5.74, 6) is -0.611. The predicted molar refractivity (Wildman–Crippen MR) is 74.5 cm³/mol. The zero-order valence-corrected chi connectivity index (χ0v) is 11.4. The Bertz CT molecular complexity index is 619. The van der Waals surface area contributed by atoms with Crippen LogP contribution in [0.4, 0.5) is 15.8 Å². The van der Waals surface area contributed by atoms with Gasteiger partial charge in [-0.2, -0.15) is 0 Å². The molecule has 0 unspecified atom stereocenters. The molecule has 6 heteroatoms. The van der Waals surface area contributed by atoms with E-state index in [1.54, 1.807) is 0 Å². The van der Waals surface area contributed by atoms with Crippen molar-refractivity contribution in [1.29, 1.82) is 0 Å². The van der Waals surface area contributed by atoms with E-state index in [0.29, 0.717) is 12.1 Å². The number of rotatable bonds is 4. The molecule has 0 saturated heterocycles. The minimum absolute atomic E-state index is 0.244. The van der Waals surface area contributed by atoms with Crippen molar-refractivity contribution in [1.82, 2.24) is 0 Å². The summed E-state index contributed by atoms with van der Waals surface area (Å²) in [5, 5.41) is 13.7. The normalized spacial score (nSPS) is 10.2. The minimum Gasteiger partial charge on any atom is -0.381 e. The fraction of sp³-hybridized carbons (Fsp3) is 0.0769. The summed E-state index contributed by atoms with van der Waals surface area (Å²) in [6.07, 6.45) is 0. The van der Waals surface area contributed by atoms with Crippen LogP contribution in [-0.2, 0) is 6.54 Å². The quantitative estimate of drug-likeness (QED) is 0.680. The second kappa shape index (κ2) is 5.79. The maximum atomic E-state index is 13.2. The van der Waals surface area contributed by atoms with Gasteiger partial charge < -0.3 is 5.32 Å². The van der Waals surface area contributed by atoms with E-state index in [2.05, 4.69) is 21.2 Å². The molecule has 2 aromatic rings. The van der Waals surface area contributed by atoms with Crippen LogP contribution in [0.15, 0.2) is 46.9 Å². The Hall–Kier alpha value is -1.95. The van der Waals surface area contributed by atoms with Gasteiger partial charge in [-0.25, -0.2) is 4.39 Å². The van der Waals surface area contributed by atoms with Gasteiger partial charge in [0.2, 0.25) is 0 Å². The second-order valence-electron chi connectivity index (χ2n) is 3.94. The average molecular weight is 325 g/mol. The molecule has 0 spiro atoms. The maximum Gasteiger partial charge on any atom is 0.272 e. The summed E-state index contributed by atoms with van der Waals surface area (Å²) in [7, 11) is 0. The van der Waals surface area contributed by atoms with E-state index in [-0.39, 0.29) is 5.69 Å². The van der Waals surface area contributed by atoms with Crippen LogP contribution in [0, 0.1) is 15.9 Å². The van der Waals surface area contributed by atoms with Crippen molar-refractivity contribution in [3.8, 4) is 0 Å². The van der Waals surface area contributed by atoms with Gasteiger partial charge in [0.15, 0.2) is 0 Å². The Morgan fingerprint density at radius 3 is 2.74 bits per heavy atom. The SMILES string of the molecule is O=[N+]([O-])c1cc(F)cc(CNc2cccc(Br)c2)c1. The third-order valence-electron chi connectivity index (χ3n) is 2.47. The molecule has 0 amide bonds. The molecular weight excluding hydrogens is 315 g/mol. The van der Waals surface area contributed by atoms with Gasteiger partial charge in [0.1, 0.15) is 5.82 Å². The largest absolute Gasteiger partial charge is 0.381 e. The lowest BCUT2D eigenvalue weighted by Crippen LogP contribution is -2.01. The number of nitro benzene ring substituents is 1. The Kier molecular flexibility index (Phi) is 4.11. The molecule has 0 saturated carbocycles. The van der Waals surface area contributed by atoms with Crippen LogP contribution < -0.4 is 5.32 Å². The van der Waals surface area contributed by atoms with E-state index in [0.717, 1.165) is 16.2 Å². The molecule has 1 N–H and O–H groups in total. The molecule has 0 aliphatic carbocycles. The van der Waals surface area contributed by atoms with Gasteiger partial charge in [0.25, 0.3) is 5.69 Å². The number of hydrogen-bond acceptors (Lipinski definition) is 3. The molecule has 2 rings (SSSR count). The zero-order chi connectivity index (χ0) is 13.8. The average Bonchev–Trinajstić information content (AvgIpc) is 2.36. The van der Waals surface area contributed by atoms with Crippen LogP contribution in [-0.4, -0.2) is 4.92 Å². The van der Waals surface area contributed by atoms with Gasteiger partial charge in [0.05, 0.1) is 11.0 Å². The summed E-state index contributed by atoms with van der Waals surface area (Å²) in [6.45, 7) is 0.315. The number of anilines is 1. The molecule has 0 fully saturated rings. The summed E-state index contributed by atoms with van der Waals surface area (Å²) < 4.78 is 14.2. The fourth-order valence-corrected chi connectivity index (χ4v) is 2.04. The van der Waals surface area contributed by atoms with Gasteiger partial charge in [-0.05, 0) is 29.8 Å². The highest BCUT2D eigenvalue weighted by atomic mass is 79.9. The molecule has 2 aromatic carbocycles. The number of hydrogen-bond donors (Lipinski definition) is 1. The molecule has 0 bridgehead atoms. The van der Waals surface area contributed by atoms with Gasteiger partial charge >= 0.3 is 0 Å². The summed E-state index contributed by atoms with van der Waals surface area (Å²) in [4.78, 5) is 10.0. The van der Waals surface area contributed by atoms with Crippen molar-refractivity contribution in [3.63, 3.8) is 0 Å². The first-order valence-electron chi connectivity index (χ1n) is 5.48. The van der Waals surface area contributed by atoms with Crippen molar-refractivity contribution in [2.24, 2.45) is 0 Å². The fourth-order valence-electron chi connectivity index (χ4n) is 1.64. The lowest BCUT2D eigenvalue weighted by Gasteiger charge is -2.07. The smallest absolute Gasteiger partial charge is 0.272 e. The van der Waals surface area contributed by atoms with Gasteiger partial charge in [-0.3, -0.25) is 10.1 Å². The molecular formula is C13H10BrFN2O2. The second-order valence-corrected chi connectivity index (χ2v) is 4.85. The van der Waals surface area contributed by atoms with Gasteiger partial charge in [-0.1, -0.05) is 22.0 Å². The lowest BCUT2D eigenvalue weighted by molar-refractivity contribution is -0.385. The predicted octanol–water partition coefficient (Wildman–Crippen LogP) is 4.11. The van der Waals surface area contributed by atoms with E-state index < -0.39 is 10.7 Å². The van der Waals surface area contributed by atoms with Gasteiger partial charge in [0, 0.05) is 22.8 Å². The number of nitrogens with zero attached hydrogens (tertiary/aromatic N) is 1.